The summed E-state index contributed by atoms with van der Waals surface area (Å²) in [5.74, 6) is 0.693. The predicted molar refractivity (Wildman–Crippen MR) is 88.5 cm³/mol. The molecule has 108 valence electrons. The van der Waals surface area contributed by atoms with Gasteiger partial charge in [-0.1, -0.05) is 60.8 Å². The maximum atomic E-state index is 4.50. The lowest BCUT2D eigenvalue weighted by Gasteiger charge is -2.20. The van der Waals surface area contributed by atoms with Gasteiger partial charge in [-0.2, -0.15) is 5.10 Å². The van der Waals surface area contributed by atoms with Gasteiger partial charge in [-0.15, -0.1) is 0 Å². The first-order valence-electron chi connectivity index (χ1n) is 7.50. The standard InChI is InChI=1S/C17H23BrN2/c1-3-8-14(9-4-2)17(18)15-12-19-20(13-15)16-10-6-5-7-11-16/h5-7,10-14,17H,3-4,8-9H2,1-2H3. The summed E-state index contributed by atoms with van der Waals surface area (Å²) in [5.41, 5.74) is 2.39. The molecule has 0 aliphatic rings. The van der Waals surface area contributed by atoms with Gasteiger partial charge in [0.2, 0.25) is 0 Å². The largest absolute Gasteiger partial charge is 0.241 e. The number of rotatable bonds is 7. The molecule has 0 spiro atoms. The Balaban J connectivity index is 2.15. The van der Waals surface area contributed by atoms with Crippen LogP contribution in [-0.2, 0) is 0 Å². The minimum absolute atomic E-state index is 0.403. The van der Waals surface area contributed by atoms with Crippen LogP contribution in [0.15, 0.2) is 42.7 Å². The highest BCUT2D eigenvalue weighted by molar-refractivity contribution is 9.09. The van der Waals surface area contributed by atoms with Crippen LogP contribution >= 0.6 is 15.9 Å². The van der Waals surface area contributed by atoms with Crippen LogP contribution in [0.2, 0.25) is 0 Å². The lowest BCUT2D eigenvalue weighted by Crippen LogP contribution is -2.07. The third kappa shape index (κ3) is 3.72. The maximum absolute atomic E-state index is 4.50. The molecule has 0 aliphatic carbocycles. The highest BCUT2D eigenvalue weighted by Crippen LogP contribution is 2.36. The average molecular weight is 335 g/mol. The maximum Gasteiger partial charge on any atom is 0.0645 e. The first kappa shape index (κ1) is 15.3. The predicted octanol–water partition coefficient (Wildman–Crippen LogP) is 5.52. The fourth-order valence-corrected chi connectivity index (χ4v) is 3.42. The van der Waals surface area contributed by atoms with E-state index >= 15 is 0 Å². The van der Waals surface area contributed by atoms with Crippen molar-refractivity contribution >= 4 is 15.9 Å². The molecular formula is C17H23BrN2. The van der Waals surface area contributed by atoms with Crippen LogP contribution < -0.4 is 0 Å². The van der Waals surface area contributed by atoms with Gasteiger partial charge in [0, 0.05) is 16.6 Å². The summed E-state index contributed by atoms with van der Waals surface area (Å²) in [6.07, 6.45) is 9.14. The van der Waals surface area contributed by atoms with Crippen LogP contribution in [0.25, 0.3) is 5.69 Å². The Hall–Kier alpha value is -1.09. The molecule has 1 aromatic carbocycles. The van der Waals surface area contributed by atoms with Crippen molar-refractivity contribution in [3.05, 3.63) is 48.3 Å². The number of alkyl halides is 1. The molecule has 0 saturated carbocycles. The number of benzene rings is 1. The number of hydrogen-bond acceptors (Lipinski definition) is 1. The van der Waals surface area contributed by atoms with Crippen molar-refractivity contribution in [2.75, 3.05) is 0 Å². The quantitative estimate of drug-likeness (QED) is 0.609. The second kappa shape index (κ2) is 7.63. The average Bonchev–Trinajstić information content (AvgIpc) is 2.97. The molecule has 0 N–H and O–H groups in total. The van der Waals surface area contributed by atoms with Gasteiger partial charge in [-0.05, 0) is 30.9 Å². The molecule has 3 heteroatoms. The fourth-order valence-electron chi connectivity index (χ4n) is 2.65. The van der Waals surface area contributed by atoms with Gasteiger partial charge in [0.1, 0.15) is 0 Å². The summed E-state index contributed by atoms with van der Waals surface area (Å²) in [4.78, 5) is 0.403. The molecule has 20 heavy (non-hydrogen) atoms. The van der Waals surface area contributed by atoms with Crippen molar-refractivity contribution in [2.24, 2.45) is 5.92 Å². The summed E-state index contributed by atoms with van der Waals surface area (Å²) in [6.45, 7) is 4.52. The number of nitrogens with zero attached hydrogens (tertiary/aromatic N) is 2. The van der Waals surface area contributed by atoms with E-state index in [0.29, 0.717) is 10.7 Å². The molecule has 2 aromatic rings. The molecular weight excluding hydrogens is 312 g/mol. The summed E-state index contributed by atoms with van der Waals surface area (Å²) >= 11 is 3.89. The van der Waals surface area contributed by atoms with Crippen LogP contribution in [0.1, 0.15) is 49.9 Å². The van der Waals surface area contributed by atoms with Gasteiger partial charge >= 0.3 is 0 Å². The van der Waals surface area contributed by atoms with E-state index in [2.05, 4.69) is 53.2 Å². The zero-order valence-electron chi connectivity index (χ0n) is 12.3. The van der Waals surface area contributed by atoms with E-state index in [0.717, 1.165) is 5.69 Å². The molecule has 0 aliphatic heterocycles. The smallest absolute Gasteiger partial charge is 0.0645 e. The SMILES string of the molecule is CCCC(CCC)C(Br)c1cnn(-c2ccccc2)c1. The Morgan fingerprint density at radius 2 is 1.75 bits per heavy atom. The molecule has 0 amide bonds. The number of hydrogen-bond donors (Lipinski definition) is 0. The summed E-state index contributed by atoms with van der Waals surface area (Å²) in [7, 11) is 0. The number of para-hydroxylation sites is 1. The zero-order chi connectivity index (χ0) is 14.4. The van der Waals surface area contributed by atoms with Crippen LogP contribution in [0, 0.1) is 5.92 Å². The molecule has 0 bridgehead atoms. The number of halogens is 1. The Labute approximate surface area is 130 Å². The number of aromatic nitrogens is 2. The topological polar surface area (TPSA) is 17.8 Å². The fraction of sp³-hybridized carbons (Fsp3) is 0.471. The second-order valence-electron chi connectivity index (χ2n) is 5.29. The third-order valence-electron chi connectivity index (χ3n) is 3.67. The van der Waals surface area contributed by atoms with Gasteiger partial charge in [-0.3, -0.25) is 0 Å². The molecule has 2 rings (SSSR count). The molecule has 1 heterocycles. The highest BCUT2D eigenvalue weighted by atomic mass is 79.9. The van der Waals surface area contributed by atoms with Crippen molar-refractivity contribution < 1.29 is 0 Å². The van der Waals surface area contributed by atoms with Crippen LogP contribution in [0.3, 0.4) is 0 Å². The first-order valence-corrected chi connectivity index (χ1v) is 8.41. The summed E-state index contributed by atoms with van der Waals surface area (Å²) in [5, 5.41) is 4.50. The van der Waals surface area contributed by atoms with Crippen LogP contribution in [0.4, 0.5) is 0 Å². The molecule has 0 saturated heterocycles. The van der Waals surface area contributed by atoms with E-state index in [9.17, 15) is 0 Å². The zero-order valence-corrected chi connectivity index (χ0v) is 13.9. The van der Waals surface area contributed by atoms with Gasteiger partial charge in [0.15, 0.2) is 0 Å². The molecule has 1 atom stereocenters. The normalized spacial score (nSPS) is 12.8. The van der Waals surface area contributed by atoms with Gasteiger partial charge in [0.05, 0.1) is 11.9 Å². The van der Waals surface area contributed by atoms with Crippen LogP contribution in [-0.4, -0.2) is 9.78 Å². The van der Waals surface area contributed by atoms with Crippen molar-refractivity contribution in [3.63, 3.8) is 0 Å². The lowest BCUT2D eigenvalue weighted by atomic mass is 9.92. The monoisotopic (exact) mass is 334 g/mol. The molecule has 1 unspecified atom stereocenters. The first-order chi connectivity index (χ1) is 9.76. The van der Waals surface area contributed by atoms with Gasteiger partial charge < -0.3 is 0 Å². The van der Waals surface area contributed by atoms with Crippen molar-refractivity contribution in [1.82, 2.24) is 9.78 Å². The Kier molecular flexibility index (Phi) is 5.84. The Morgan fingerprint density at radius 1 is 1.10 bits per heavy atom. The molecule has 0 fully saturated rings. The Morgan fingerprint density at radius 3 is 2.35 bits per heavy atom. The van der Waals surface area contributed by atoms with E-state index in [-0.39, 0.29) is 0 Å². The minimum Gasteiger partial charge on any atom is -0.241 e. The van der Waals surface area contributed by atoms with E-state index in [1.807, 2.05) is 29.1 Å². The molecule has 1 aromatic heterocycles. The summed E-state index contributed by atoms with van der Waals surface area (Å²) in [6, 6.07) is 10.3. The van der Waals surface area contributed by atoms with Gasteiger partial charge in [-0.25, -0.2) is 4.68 Å². The highest BCUT2D eigenvalue weighted by Gasteiger charge is 2.20. The van der Waals surface area contributed by atoms with E-state index in [1.165, 1.54) is 31.2 Å². The van der Waals surface area contributed by atoms with Crippen molar-refractivity contribution in [2.45, 2.75) is 44.4 Å². The van der Waals surface area contributed by atoms with Gasteiger partial charge in [0.25, 0.3) is 0 Å². The van der Waals surface area contributed by atoms with E-state index in [4.69, 9.17) is 0 Å². The minimum atomic E-state index is 0.403. The van der Waals surface area contributed by atoms with E-state index < -0.39 is 0 Å². The van der Waals surface area contributed by atoms with E-state index in [1.54, 1.807) is 0 Å². The summed E-state index contributed by atoms with van der Waals surface area (Å²) < 4.78 is 1.96. The Bertz CT molecular complexity index is 501. The third-order valence-corrected chi connectivity index (χ3v) is 4.95. The second-order valence-corrected chi connectivity index (χ2v) is 6.28. The van der Waals surface area contributed by atoms with Crippen molar-refractivity contribution in [1.29, 1.82) is 0 Å². The molecule has 2 nitrogen and oxygen atoms in total. The molecule has 0 radical (unpaired) electrons. The lowest BCUT2D eigenvalue weighted by molar-refractivity contribution is 0.435. The van der Waals surface area contributed by atoms with Crippen molar-refractivity contribution in [3.8, 4) is 5.69 Å². The van der Waals surface area contributed by atoms with Crippen LogP contribution in [0.5, 0.6) is 0 Å².